The van der Waals surface area contributed by atoms with E-state index in [4.69, 9.17) is 0 Å². The number of hydrogen-bond acceptors (Lipinski definition) is 2. The van der Waals surface area contributed by atoms with Crippen LogP contribution in [0.4, 0.5) is 13.2 Å². The Morgan fingerprint density at radius 1 is 1.30 bits per heavy atom. The number of hydrazine groups is 1. The molecule has 0 aromatic heterocycles. The van der Waals surface area contributed by atoms with E-state index < -0.39 is 12.2 Å². The fourth-order valence-corrected chi connectivity index (χ4v) is 0.460. The first-order valence-electron chi connectivity index (χ1n) is 2.84. The SMILES string of the molecule is CC(NN(C)C)C(F)(F)F. The standard InChI is InChI=1S/C5H11F3N2/c1-4(5(6,7)8)9-10(2)3/h4,9H,1-3H3. The molecule has 0 fully saturated rings. The van der Waals surface area contributed by atoms with Gasteiger partial charge in [0.25, 0.3) is 0 Å². The van der Waals surface area contributed by atoms with Gasteiger partial charge in [-0.25, -0.2) is 5.43 Å². The molecule has 0 radical (unpaired) electrons. The Morgan fingerprint density at radius 3 is 1.80 bits per heavy atom. The lowest BCUT2D eigenvalue weighted by Crippen LogP contribution is -2.46. The molecule has 0 aliphatic rings. The van der Waals surface area contributed by atoms with Gasteiger partial charge in [0.15, 0.2) is 0 Å². The molecule has 1 atom stereocenters. The molecule has 0 saturated carbocycles. The highest BCUT2D eigenvalue weighted by molar-refractivity contribution is 4.66. The molecule has 0 aliphatic heterocycles. The van der Waals surface area contributed by atoms with Crippen LogP contribution in [0.2, 0.25) is 0 Å². The molecular formula is C5H11F3N2. The van der Waals surface area contributed by atoms with Gasteiger partial charge in [-0.05, 0) is 6.92 Å². The third kappa shape index (κ3) is 3.68. The van der Waals surface area contributed by atoms with Crippen LogP contribution in [0.25, 0.3) is 0 Å². The van der Waals surface area contributed by atoms with E-state index >= 15 is 0 Å². The number of halogens is 3. The first-order chi connectivity index (χ1) is 4.34. The van der Waals surface area contributed by atoms with Crippen LogP contribution in [-0.2, 0) is 0 Å². The Labute approximate surface area is 58.0 Å². The second-order valence-electron chi connectivity index (χ2n) is 2.29. The molecule has 0 heterocycles. The average Bonchev–Trinajstić information content (AvgIpc) is 1.60. The summed E-state index contributed by atoms with van der Waals surface area (Å²) in [5.74, 6) is 0. The number of rotatable bonds is 2. The lowest BCUT2D eigenvalue weighted by atomic mass is 10.3. The zero-order chi connectivity index (χ0) is 8.36. The summed E-state index contributed by atoms with van der Waals surface area (Å²) in [7, 11) is 3.03. The van der Waals surface area contributed by atoms with Crippen LogP contribution in [0.1, 0.15) is 6.92 Å². The third-order valence-electron chi connectivity index (χ3n) is 0.943. The summed E-state index contributed by atoms with van der Waals surface area (Å²) in [5.41, 5.74) is 2.19. The van der Waals surface area contributed by atoms with E-state index in [9.17, 15) is 13.2 Å². The Balaban J connectivity index is 3.73. The Hall–Kier alpha value is -0.290. The summed E-state index contributed by atoms with van der Waals surface area (Å²) in [4.78, 5) is 0. The van der Waals surface area contributed by atoms with E-state index in [0.717, 1.165) is 6.92 Å². The molecule has 5 heteroatoms. The van der Waals surface area contributed by atoms with Gasteiger partial charge in [-0.3, -0.25) is 5.01 Å². The second-order valence-corrected chi connectivity index (χ2v) is 2.29. The number of alkyl halides is 3. The topological polar surface area (TPSA) is 15.3 Å². The largest absolute Gasteiger partial charge is 0.404 e. The van der Waals surface area contributed by atoms with Crippen molar-refractivity contribution >= 4 is 0 Å². The van der Waals surface area contributed by atoms with Crippen molar-refractivity contribution in [3.63, 3.8) is 0 Å². The molecule has 62 valence electrons. The van der Waals surface area contributed by atoms with Gasteiger partial charge < -0.3 is 0 Å². The van der Waals surface area contributed by atoms with Gasteiger partial charge in [-0.15, -0.1) is 0 Å². The van der Waals surface area contributed by atoms with Gasteiger partial charge in [0.1, 0.15) is 6.04 Å². The zero-order valence-corrected chi connectivity index (χ0v) is 6.16. The van der Waals surface area contributed by atoms with Gasteiger partial charge in [-0.1, -0.05) is 0 Å². The summed E-state index contributed by atoms with van der Waals surface area (Å²) in [6.07, 6.45) is -4.16. The Bertz CT molecular complexity index is 99.6. The molecule has 0 amide bonds. The van der Waals surface area contributed by atoms with Crippen molar-refractivity contribution in [1.82, 2.24) is 10.4 Å². The van der Waals surface area contributed by atoms with E-state index in [1.807, 2.05) is 0 Å². The quantitative estimate of drug-likeness (QED) is 0.600. The molecule has 0 rings (SSSR count). The summed E-state index contributed by atoms with van der Waals surface area (Å²) < 4.78 is 35.2. The van der Waals surface area contributed by atoms with Crippen LogP contribution in [0.3, 0.4) is 0 Å². The molecule has 0 saturated heterocycles. The first kappa shape index (κ1) is 9.71. The van der Waals surface area contributed by atoms with Crippen LogP contribution in [0.5, 0.6) is 0 Å². The van der Waals surface area contributed by atoms with Crippen molar-refractivity contribution in [1.29, 1.82) is 0 Å². The average molecular weight is 156 g/mol. The molecule has 0 bridgehead atoms. The maximum absolute atomic E-state index is 11.7. The second kappa shape index (κ2) is 3.21. The third-order valence-corrected chi connectivity index (χ3v) is 0.943. The summed E-state index contributed by atoms with van der Waals surface area (Å²) in [6.45, 7) is 1.07. The summed E-state index contributed by atoms with van der Waals surface area (Å²) in [5, 5.41) is 1.28. The highest BCUT2D eigenvalue weighted by Gasteiger charge is 2.35. The number of hydrogen-bond donors (Lipinski definition) is 1. The maximum atomic E-state index is 11.7. The van der Waals surface area contributed by atoms with Crippen LogP contribution in [0.15, 0.2) is 0 Å². The summed E-state index contributed by atoms with van der Waals surface area (Å²) >= 11 is 0. The van der Waals surface area contributed by atoms with E-state index in [2.05, 4.69) is 5.43 Å². The van der Waals surface area contributed by atoms with Crippen LogP contribution >= 0.6 is 0 Å². The van der Waals surface area contributed by atoms with Crippen molar-refractivity contribution in [2.75, 3.05) is 14.1 Å². The first-order valence-corrected chi connectivity index (χ1v) is 2.84. The fraction of sp³-hybridized carbons (Fsp3) is 1.00. The van der Waals surface area contributed by atoms with Crippen molar-refractivity contribution < 1.29 is 13.2 Å². The van der Waals surface area contributed by atoms with Crippen molar-refractivity contribution in [3.8, 4) is 0 Å². The highest BCUT2D eigenvalue weighted by atomic mass is 19.4. The Morgan fingerprint density at radius 2 is 1.70 bits per heavy atom. The molecular weight excluding hydrogens is 145 g/mol. The van der Waals surface area contributed by atoms with Crippen molar-refractivity contribution in [3.05, 3.63) is 0 Å². The molecule has 0 aromatic carbocycles. The van der Waals surface area contributed by atoms with Gasteiger partial charge >= 0.3 is 6.18 Å². The summed E-state index contributed by atoms with van der Waals surface area (Å²) in [6, 6.07) is -1.48. The van der Waals surface area contributed by atoms with Crippen LogP contribution in [0, 0.1) is 0 Å². The van der Waals surface area contributed by atoms with E-state index in [0.29, 0.717) is 0 Å². The minimum atomic E-state index is -4.16. The minimum Gasteiger partial charge on any atom is -0.250 e. The van der Waals surface area contributed by atoms with Crippen LogP contribution in [-0.4, -0.2) is 31.3 Å². The predicted molar refractivity (Wildman–Crippen MR) is 32.3 cm³/mol. The van der Waals surface area contributed by atoms with Gasteiger partial charge in [0.05, 0.1) is 0 Å². The van der Waals surface area contributed by atoms with E-state index in [1.165, 1.54) is 19.1 Å². The smallest absolute Gasteiger partial charge is 0.250 e. The highest BCUT2D eigenvalue weighted by Crippen LogP contribution is 2.19. The lowest BCUT2D eigenvalue weighted by Gasteiger charge is -2.21. The van der Waals surface area contributed by atoms with Crippen LogP contribution < -0.4 is 5.43 Å². The van der Waals surface area contributed by atoms with E-state index in [1.54, 1.807) is 0 Å². The molecule has 0 spiro atoms. The maximum Gasteiger partial charge on any atom is 0.404 e. The molecule has 1 unspecified atom stereocenters. The normalized spacial score (nSPS) is 15.9. The van der Waals surface area contributed by atoms with Gasteiger partial charge in [0, 0.05) is 14.1 Å². The molecule has 10 heavy (non-hydrogen) atoms. The molecule has 0 aromatic rings. The number of nitrogens with one attached hydrogen (secondary N) is 1. The number of nitrogens with zero attached hydrogens (tertiary/aromatic N) is 1. The minimum absolute atomic E-state index is 1.07. The molecule has 1 N–H and O–H groups in total. The van der Waals surface area contributed by atoms with Crippen molar-refractivity contribution in [2.45, 2.75) is 19.1 Å². The van der Waals surface area contributed by atoms with Crippen molar-refractivity contribution in [2.24, 2.45) is 0 Å². The molecule has 0 aliphatic carbocycles. The van der Waals surface area contributed by atoms with Gasteiger partial charge in [0.2, 0.25) is 0 Å². The van der Waals surface area contributed by atoms with Gasteiger partial charge in [-0.2, -0.15) is 13.2 Å². The fourth-order valence-electron chi connectivity index (χ4n) is 0.460. The zero-order valence-electron chi connectivity index (χ0n) is 6.16. The Kier molecular flexibility index (Phi) is 3.11. The van der Waals surface area contributed by atoms with E-state index in [-0.39, 0.29) is 0 Å². The lowest BCUT2D eigenvalue weighted by molar-refractivity contribution is -0.161. The molecule has 2 nitrogen and oxygen atoms in total. The predicted octanol–water partition coefficient (Wildman–Crippen LogP) is 1.00. The monoisotopic (exact) mass is 156 g/mol.